The molecule has 2 aromatic carbocycles. The Morgan fingerprint density at radius 1 is 0.978 bits per heavy atom. The lowest BCUT2D eigenvalue weighted by molar-refractivity contribution is -0.142. The second-order valence-electron chi connectivity index (χ2n) is 14.1. The van der Waals surface area contributed by atoms with E-state index >= 15 is 0 Å². The minimum absolute atomic E-state index is 0.0546. The molecule has 3 aromatic rings. The summed E-state index contributed by atoms with van der Waals surface area (Å²) in [4.78, 5) is 47.0. The fourth-order valence-electron chi connectivity index (χ4n) is 10.3. The Morgan fingerprint density at radius 2 is 1.71 bits per heavy atom. The highest BCUT2D eigenvalue weighted by Gasteiger charge is 2.92. The van der Waals surface area contributed by atoms with Gasteiger partial charge in [0.15, 0.2) is 0 Å². The van der Waals surface area contributed by atoms with Crippen molar-refractivity contribution in [2.75, 3.05) is 13.1 Å². The van der Waals surface area contributed by atoms with Crippen molar-refractivity contribution in [2.24, 2.45) is 28.6 Å². The SMILES string of the molecule is O=C1NC(=O)N(C2CCN(C(=O)C3CC45CC6CC4(C6)C35)CC2)C1Cc1ccc(OS(=O)(=O)c2cccc3cnccc23)cc1. The number of carbonyl (C=O) groups is 3. The number of imide groups is 1. The van der Waals surface area contributed by atoms with Gasteiger partial charge in [-0.2, -0.15) is 8.42 Å². The van der Waals surface area contributed by atoms with Crippen LogP contribution in [-0.2, 0) is 26.1 Å². The molecule has 1 N–H and O–H groups in total. The number of nitrogens with zero attached hydrogens (tertiary/aromatic N) is 3. The number of fused-ring (bicyclic) bond motifs is 1. The summed E-state index contributed by atoms with van der Waals surface area (Å²) in [6.07, 6.45) is 9.84. The Bertz CT molecular complexity index is 1870. The summed E-state index contributed by atoms with van der Waals surface area (Å²) in [7, 11) is -4.11. The largest absolute Gasteiger partial charge is 0.379 e. The Kier molecular flexibility index (Phi) is 5.63. The second-order valence-corrected chi connectivity index (χ2v) is 15.6. The molecule has 3 heterocycles. The van der Waals surface area contributed by atoms with Crippen molar-refractivity contribution in [2.45, 2.75) is 61.9 Å². The van der Waals surface area contributed by atoms with Crippen molar-refractivity contribution in [3.8, 4) is 5.75 Å². The highest BCUT2D eigenvalue weighted by atomic mass is 32.2. The molecule has 7 aliphatic rings. The third-order valence-corrected chi connectivity index (χ3v) is 13.4. The molecule has 10 nitrogen and oxygen atoms in total. The number of benzene rings is 2. The van der Waals surface area contributed by atoms with Crippen LogP contribution < -0.4 is 9.50 Å². The first kappa shape index (κ1) is 27.3. The highest BCUT2D eigenvalue weighted by Crippen LogP contribution is 2.97. The van der Waals surface area contributed by atoms with Gasteiger partial charge in [0.05, 0.1) is 0 Å². The van der Waals surface area contributed by atoms with Crippen LogP contribution in [0.25, 0.3) is 10.8 Å². The number of nitrogens with one attached hydrogen (secondary N) is 1. The van der Waals surface area contributed by atoms with Gasteiger partial charge in [0.1, 0.15) is 16.7 Å². The van der Waals surface area contributed by atoms with Crippen molar-refractivity contribution in [3.63, 3.8) is 0 Å². The maximum atomic E-state index is 13.4. The van der Waals surface area contributed by atoms with Crippen LogP contribution in [0.1, 0.15) is 44.1 Å². The van der Waals surface area contributed by atoms with Crippen LogP contribution >= 0.6 is 0 Å². The third-order valence-electron chi connectivity index (χ3n) is 12.1. The number of hydrogen-bond acceptors (Lipinski definition) is 7. The second kappa shape index (κ2) is 9.28. The summed E-state index contributed by atoms with van der Waals surface area (Å²) >= 11 is 0. The van der Waals surface area contributed by atoms with Crippen molar-refractivity contribution in [3.05, 3.63) is 66.5 Å². The number of piperidine rings is 1. The minimum Gasteiger partial charge on any atom is -0.379 e. The molecule has 2 aliphatic heterocycles. The molecule has 0 radical (unpaired) electrons. The normalized spacial score (nSPS) is 33.2. The van der Waals surface area contributed by atoms with Gasteiger partial charge in [-0.15, -0.1) is 0 Å². The lowest BCUT2D eigenvalue weighted by Crippen LogP contribution is -2.53. The van der Waals surface area contributed by atoms with Crippen LogP contribution in [0.4, 0.5) is 4.79 Å². The zero-order chi connectivity index (χ0) is 30.7. The van der Waals surface area contributed by atoms with Crippen molar-refractivity contribution in [1.82, 2.24) is 20.1 Å². The molecule has 11 heteroatoms. The van der Waals surface area contributed by atoms with E-state index < -0.39 is 22.2 Å². The predicted octanol–water partition coefficient (Wildman–Crippen LogP) is 3.89. The number of rotatable bonds is 7. The summed E-state index contributed by atoms with van der Waals surface area (Å²) in [5.41, 5.74) is 1.81. The van der Waals surface area contributed by atoms with E-state index in [1.54, 1.807) is 53.6 Å². The van der Waals surface area contributed by atoms with Gasteiger partial charge in [0.2, 0.25) is 5.91 Å². The first-order valence-corrected chi connectivity index (χ1v) is 17.4. The van der Waals surface area contributed by atoms with E-state index in [4.69, 9.17) is 4.18 Å². The molecule has 4 amide bonds. The van der Waals surface area contributed by atoms with Gasteiger partial charge in [-0.3, -0.25) is 19.9 Å². The van der Waals surface area contributed by atoms with Crippen LogP contribution in [0, 0.1) is 28.6 Å². The van der Waals surface area contributed by atoms with E-state index in [9.17, 15) is 22.8 Å². The molecule has 1 aromatic heterocycles. The number of pyridine rings is 1. The molecule has 7 fully saturated rings. The molecular formula is C34H34N4O6S. The number of aromatic nitrogens is 1. The average Bonchev–Trinajstić information content (AvgIpc) is 3.36. The Hall–Kier alpha value is -3.99. The fraction of sp³-hybridized carbons (Fsp3) is 0.471. The molecule has 2 spiro atoms. The average molecular weight is 627 g/mol. The summed E-state index contributed by atoms with van der Waals surface area (Å²) in [5.74, 6) is 1.85. The molecule has 45 heavy (non-hydrogen) atoms. The zero-order valence-electron chi connectivity index (χ0n) is 24.7. The van der Waals surface area contributed by atoms with E-state index in [1.807, 2.05) is 4.90 Å². The number of carbonyl (C=O) groups excluding carboxylic acids is 3. The zero-order valence-corrected chi connectivity index (χ0v) is 25.5. The molecular weight excluding hydrogens is 592 g/mol. The Balaban J connectivity index is 0.842. The lowest BCUT2D eigenvalue weighted by atomic mass is 9.67. The van der Waals surface area contributed by atoms with Crippen LogP contribution in [0.15, 0.2) is 65.8 Å². The maximum absolute atomic E-state index is 13.4. The summed E-state index contributed by atoms with van der Waals surface area (Å²) in [6.45, 7) is 1.21. The molecule has 2 bridgehead atoms. The van der Waals surface area contributed by atoms with Gasteiger partial charge in [0, 0.05) is 54.6 Å². The van der Waals surface area contributed by atoms with Gasteiger partial charge in [-0.05, 0) is 91.0 Å². The first-order valence-electron chi connectivity index (χ1n) is 16.0. The molecule has 2 saturated heterocycles. The van der Waals surface area contributed by atoms with E-state index in [1.165, 1.54) is 31.5 Å². The fourth-order valence-corrected chi connectivity index (χ4v) is 11.4. The summed E-state index contributed by atoms with van der Waals surface area (Å²) < 4.78 is 31.7. The highest BCUT2D eigenvalue weighted by molar-refractivity contribution is 7.87. The minimum atomic E-state index is -4.11. The smallest absolute Gasteiger partial charge is 0.339 e. The number of amides is 4. The van der Waals surface area contributed by atoms with Crippen LogP contribution in [0.3, 0.4) is 0 Å². The van der Waals surface area contributed by atoms with E-state index in [0.29, 0.717) is 59.4 Å². The maximum Gasteiger partial charge on any atom is 0.339 e. The molecule has 5 saturated carbocycles. The summed E-state index contributed by atoms with van der Waals surface area (Å²) in [6, 6.07) is 11.9. The number of likely N-dealkylation sites (tertiary alicyclic amines) is 1. The standard InChI is InChI=1S/C34H34N4O6S/c39-30-27(14-20-4-6-24(7-5-20)44-45(42,43)28-3-1-2-22-19-35-11-8-25(22)28)38(32(41)36-30)23-9-12-37(13-10-23)31(40)26-18-34-17-21-15-33(34,16-21)29(26)34/h1-8,11,19,21,23,26-27,29H,9-10,12-18H2,(H,36,39,41). The van der Waals surface area contributed by atoms with Crippen LogP contribution in [0.2, 0.25) is 0 Å². The molecule has 232 valence electrons. The van der Waals surface area contributed by atoms with E-state index in [2.05, 4.69) is 10.3 Å². The Morgan fingerprint density at radius 3 is 2.44 bits per heavy atom. The molecule has 4 unspecified atom stereocenters. The van der Waals surface area contributed by atoms with Gasteiger partial charge in [0.25, 0.3) is 5.91 Å². The van der Waals surface area contributed by atoms with Crippen LogP contribution in [0.5, 0.6) is 5.75 Å². The van der Waals surface area contributed by atoms with E-state index in [0.717, 1.165) is 17.9 Å². The third kappa shape index (κ3) is 3.82. The molecule has 10 rings (SSSR count). The monoisotopic (exact) mass is 626 g/mol. The number of urea groups is 1. The van der Waals surface area contributed by atoms with Crippen molar-refractivity contribution in [1.29, 1.82) is 0 Å². The Labute approximate surface area is 261 Å². The number of hydrogen-bond donors (Lipinski definition) is 1. The topological polar surface area (TPSA) is 126 Å². The van der Waals surface area contributed by atoms with Gasteiger partial charge < -0.3 is 14.0 Å². The predicted molar refractivity (Wildman–Crippen MR) is 162 cm³/mol. The molecule has 4 atom stereocenters. The van der Waals surface area contributed by atoms with Gasteiger partial charge in [-0.25, -0.2) is 4.79 Å². The first-order chi connectivity index (χ1) is 21.7. The van der Waals surface area contributed by atoms with Crippen LogP contribution in [-0.4, -0.2) is 66.2 Å². The van der Waals surface area contributed by atoms with Gasteiger partial charge in [-0.1, -0.05) is 24.3 Å². The van der Waals surface area contributed by atoms with Gasteiger partial charge >= 0.3 is 16.1 Å². The molecule has 5 aliphatic carbocycles. The summed E-state index contributed by atoms with van der Waals surface area (Å²) in [5, 5.41) is 3.69. The van der Waals surface area contributed by atoms with E-state index in [-0.39, 0.29) is 34.9 Å². The van der Waals surface area contributed by atoms with Crippen molar-refractivity contribution < 1.29 is 27.0 Å². The quantitative estimate of drug-likeness (QED) is 0.312. The van der Waals surface area contributed by atoms with Crippen molar-refractivity contribution >= 4 is 38.7 Å². The lowest BCUT2D eigenvalue weighted by Gasteiger charge is -2.43.